The molecule has 0 radical (unpaired) electrons. The number of nitrogens with one attached hydrogen (secondary N) is 1. The van der Waals surface area contributed by atoms with Crippen LogP contribution in [0.5, 0.6) is 0 Å². The van der Waals surface area contributed by atoms with Gasteiger partial charge in [0, 0.05) is 36.9 Å². The second kappa shape index (κ2) is 8.98. The van der Waals surface area contributed by atoms with Crippen molar-refractivity contribution in [3.63, 3.8) is 0 Å². The van der Waals surface area contributed by atoms with E-state index in [1.165, 1.54) is 12.8 Å². The fraction of sp³-hybridized carbons (Fsp3) is 0.706. The summed E-state index contributed by atoms with van der Waals surface area (Å²) in [5, 5.41) is 3.26. The van der Waals surface area contributed by atoms with Crippen LogP contribution in [0.15, 0.2) is 12.3 Å². The van der Waals surface area contributed by atoms with Gasteiger partial charge in [0.05, 0.1) is 0 Å². The van der Waals surface area contributed by atoms with Gasteiger partial charge in [-0.1, -0.05) is 33.6 Å². The molecule has 0 spiro atoms. The van der Waals surface area contributed by atoms with Crippen LogP contribution in [0.4, 0.5) is 10.2 Å². The normalized spacial score (nSPS) is 11.4. The van der Waals surface area contributed by atoms with Gasteiger partial charge in [-0.05, 0) is 26.3 Å². The van der Waals surface area contributed by atoms with E-state index in [2.05, 4.69) is 49.8 Å². The zero-order chi connectivity index (χ0) is 15.8. The van der Waals surface area contributed by atoms with Crippen molar-refractivity contribution in [1.82, 2.24) is 10.3 Å². The van der Waals surface area contributed by atoms with Crippen molar-refractivity contribution in [2.75, 3.05) is 11.4 Å². The quantitative estimate of drug-likeness (QED) is 0.694. The summed E-state index contributed by atoms with van der Waals surface area (Å²) in [6.45, 7) is 11.9. The van der Waals surface area contributed by atoms with E-state index in [0.717, 1.165) is 13.0 Å². The molecule has 0 saturated carbocycles. The van der Waals surface area contributed by atoms with Crippen molar-refractivity contribution in [2.45, 2.75) is 72.5 Å². The first kappa shape index (κ1) is 17.9. The van der Waals surface area contributed by atoms with Crippen molar-refractivity contribution < 1.29 is 4.39 Å². The third kappa shape index (κ3) is 5.62. The average Bonchev–Trinajstić information content (AvgIpc) is 2.43. The van der Waals surface area contributed by atoms with Gasteiger partial charge in [-0.2, -0.15) is 0 Å². The Morgan fingerprint density at radius 3 is 2.52 bits per heavy atom. The predicted octanol–water partition coefficient (Wildman–Crippen LogP) is 4.12. The molecule has 0 aliphatic rings. The average molecular weight is 295 g/mol. The van der Waals surface area contributed by atoms with Crippen LogP contribution >= 0.6 is 0 Å². The van der Waals surface area contributed by atoms with Crippen LogP contribution in [-0.4, -0.2) is 23.6 Å². The molecule has 0 aliphatic heterocycles. The Morgan fingerprint density at radius 2 is 1.95 bits per heavy atom. The van der Waals surface area contributed by atoms with E-state index in [-0.39, 0.29) is 11.9 Å². The Morgan fingerprint density at radius 1 is 1.24 bits per heavy atom. The van der Waals surface area contributed by atoms with Crippen LogP contribution in [0.3, 0.4) is 0 Å². The number of anilines is 1. The highest BCUT2D eigenvalue weighted by atomic mass is 19.1. The van der Waals surface area contributed by atoms with E-state index in [0.29, 0.717) is 24.0 Å². The molecule has 0 unspecified atom stereocenters. The van der Waals surface area contributed by atoms with Gasteiger partial charge in [0.15, 0.2) is 11.6 Å². The van der Waals surface area contributed by atoms with E-state index in [4.69, 9.17) is 0 Å². The van der Waals surface area contributed by atoms with E-state index < -0.39 is 0 Å². The van der Waals surface area contributed by atoms with Gasteiger partial charge in [-0.3, -0.25) is 0 Å². The lowest BCUT2D eigenvalue weighted by Crippen LogP contribution is -2.34. The molecule has 120 valence electrons. The molecular formula is C17H30FN3. The molecule has 0 amide bonds. The molecule has 1 rings (SSSR count). The lowest BCUT2D eigenvalue weighted by atomic mass is 10.2. The van der Waals surface area contributed by atoms with Crippen LogP contribution in [0.1, 0.15) is 59.4 Å². The standard InChI is InChI=1S/C17H30FN3/c1-6-7-8-11-21(14(4)5)17-16(18)15(9-10-19-17)12-20-13(2)3/h9-10,13-14,20H,6-8,11-12H2,1-5H3. The highest BCUT2D eigenvalue weighted by Crippen LogP contribution is 2.22. The molecule has 1 heterocycles. The Labute approximate surface area is 129 Å². The topological polar surface area (TPSA) is 28.2 Å². The second-order valence-corrected chi connectivity index (χ2v) is 6.14. The van der Waals surface area contributed by atoms with Gasteiger partial charge in [0.25, 0.3) is 0 Å². The number of hydrogen-bond donors (Lipinski definition) is 1. The third-order valence-corrected chi connectivity index (χ3v) is 3.55. The number of halogens is 1. The van der Waals surface area contributed by atoms with Crippen LogP contribution < -0.4 is 10.2 Å². The highest BCUT2D eigenvalue weighted by molar-refractivity contribution is 5.44. The fourth-order valence-electron chi connectivity index (χ4n) is 2.26. The largest absolute Gasteiger partial charge is 0.352 e. The number of hydrogen-bond acceptors (Lipinski definition) is 3. The molecule has 1 aromatic heterocycles. The number of nitrogens with zero attached hydrogens (tertiary/aromatic N) is 2. The number of unbranched alkanes of at least 4 members (excludes halogenated alkanes) is 2. The summed E-state index contributed by atoms with van der Waals surface area (Å²) < 4.78 is 14.7. The maximum absolute atomic E-state index is 14.7. The minimum atomic E-state index is -0.184. The first-order chi connectivity index (χ1) is 9.97. The summed E-state index contributed by atoms with van der Waals surface area (Å²) in [6.07, 6.45) is 5.12. The first-order valence-electron chi connectivity index (χ1n) is 8.10. The lowest BCUT2D eigenvalue weighted by molar-refractivity contribution is 0.537. The van der Waals surface area contributed by atoms with Gasteiger partial charge >= 0.3 is 0 Å². The van der Waals surface area contributed by atoms with Gasteiger partial charge in [-0.15, -0.1) is 0 Å². The molecule has 0 bridgehead atoms. The van der Waals surface area contributed by atoms with E-state index in [1.807, 2.05) is 0 Å². The molecule has 4 heteroatoms. The Balaban J connectivity index is 2.89. The van der Waals surface area contributed by atoms with Crippen LogP contribution in [0, 0.1) is 5.82 Å². The molecule has 0 saturated heterocycles. The molecule has 0 fully saturated rings. The minimum Gasteiger partial charge on any atom is -0.352 e. The molecule has 0 atom stereocenters. The summed E-state index contributed by atoms with van der Waals surface area (Å²) >= 11 is 0. The van der Waals surface area contributed by atoms with Crippen molar-refractivity contribution in [2.24, 2.45) is 0 Å². The monoisotopic (exact) mass is 295 g/mol. The number of aromatic nitrogens is 1. The molecule has 1 N–H and O–H groups in total. The van der Waals surface area contributed by atoms with Gasteiger partial charge in [0.1, 0.15) is 0 Å². The predicted molar refractivity (Wildman–Crippen MR) is 88.2 cm³/mol. The third-order valence-electron chi connectivity index (χ3n) is 3.55. The number of rotatable bonds is 9. The zero-order valence-corrected chi connectivity index (χ0v) is 14.1. The first-order valence-corrected chi connectivity index (χ1v) is 8.10. The van der Waals surface area contributed by atoms with Gasteiger partial charge < -0.3 is 10.2 Å². The molecule has 3 nitrogen and oxygen atoms in total. The van der Waals surface area contributed by atoms with Gasteiger partial charge in [-0.25, -0.2) is 9.37 Å². The Hall–Kier alpha value is -1.16. The maximum Gasteiger partial charge on any atom is 0.170 e. The summed E-state index contributed by atoms with van der Waals surface area (Å²) in [4.78, 5) is 6.36. The van der Waals surface area contributed by atoms with Crippen molar-refractivity contribution >= 4 is 5.82 Å². The Kier molecular flexibility index (Phi) is 7.65. The SMILES string of the molecule is CCCCCN(c1nccc(CNC(C)C)c1F)C(C)C. The highest BCUT2D eigenvalue weighted by Gasteiger charge is 2.18. The van der Waals surface area contributed by atoms with Crippen molar-refractivity contribution in [3.05, 3.63) is 23.6 Å². The summed E-state index contributed by atoms with van der Waals surface area (Å²) in [5.41, 5.74) is 0.690. The molecule has 0 aromatic carbocycles. The van der Waals surface area contributed by atoms with E-state index >= 15 is 0 Å². The van der Waals surface area contributed by atoms with E-state index in [1.54, 1.807) is 12.3 Å². The van der Waals surface area contributed by atoms with Crippen LogP contribution in [0.2, 0.25) is 0 Å². The van der Waals surface area contributed by atoms with Crippen LogP contribution in [0.25, 0.3) is 0 Å². The molecular weight excluding hydrogens is 265 g/mol. The smallest absolute Gasteiger partial charge is 0.170 e. The molecule has 21 heavy (non-hydrogen) atoms. The summed E-state index contributed by atoms with van der Waals surface area (Å²) in [5.74, 6) is 0.306. The van der Waals surface area contributed by atoms with Crippen molar-refractivity contribution in [1.29, 1.82) is 0 Å². The van der Waals surface area contributed by atoms with Gasteiger partial charge in [0.2, 0.25) is 0 Å². The fourth-order valence-corrected chi connectivity index (χ4v) is 2.26. The minimum absolute atomic E-state index is 0.184. The lowest BCUT2D eigenvalue weighted by Gasteiger charge is -2.28. The Bertz CT molecular complexity index is 418. The second-order valence-electron chi connectivity index (χ2n) is 6.14. The van der Waals surface area contributed by atoms with Crippen molar-refractivity contribution in [3.8, 4) is 0 Å². The molecule has 0 aliphatic carbocycles. The maximum atomic E-state index is 14.7. The number of pyridine rings is 1. The van der Waals surface area contributed by atoms with E-state index in [9.17, 15) is 4.39 Å². The zero-order valence-electron chi connectivity index (χ0n) is 14.1. The summed E-state index contributed by atoms with van der Waals surface area (Å²) in [7, 11) is 0. The molecule has 1 aromatic rings. The summed E-state index contributed by atoms with van der Waals surface area (Å²) in [6, 6.07) is 2.35. The van der Waals surface area contributed by atoms with Crippen LogP contribution in [-0.2, 0) is 6.54 Å².